The first-order valence-corrected chi connectivity index (χ1v) is 5.75. The van der Waals surface area contributed by atoms with Crippen LogP contribution in [0.1, 0.15) is 24.4 Å². The maximum absolute atomic E-state index is 13.6. The fourth-order valence-electron chi connectivity index (χ4n) is 2.34. The molecule has 1 aliphatic rings. The van der Waals surface area contributed by atoms with Gasteiger partial charge in [-0.3, -0.25) is 0 Å². The van der Waals surface area contributed by atoms with Gasteiger partial charge < -0.3 is 5.32 Å². The number of piperidine rings is 1. The summed E-state index contributed by atoms with van der Waals surface area (Å²) < 4.78 is 78.0. The molecule has 2 unspecified atom stereocenters. The van der Waals surface area contributed by atoms with Gasteiger partial charge in [0.05, 0.1) is 5.92 Å². The van der Waals surface area contributed by atoms with Gasteiger partial charge in [0.15, 0.2) is 11.6 Å². The van der Waals surface area contributed by atoms with E-state index in [1.807, 2.05) is 0 Å². The van der Waals surface area contributed by atoms with E-state index >= 15 is 0 Å². The Morgan fingerprint density at radius 3 is 2.26 bits per heavy atom. The van der Waals surface area contributed by atoms with Crippen LogP contribution in [-0.2, 0) is 0 Å². The highest BCUT2D eigenvalue weighted by Gasteiger charge is 2.46. The summed E-state index contributed by atoms with van der Waals surface area (Å²) in [7, 11) is 0. The van der Waals surface area contributed by atoms with E-state index in [4.69, 9.17) is 0 Å². The number of nitrogens with one attached hydrogen (secondary N) is 1. The molecule has 1 fully saturated rings. The minimum atomic E-state index is -4.52. The molecule has 1 heterocycles. The monoisotopic (exact) mass is 283 g/mol. The minimum Gasteiger partial charge on any atom is -0.309 e. The van der Waals surface area contributed by atoms with Crippen LogP contribution in [0.4, 0.5) is 26.3 Å². The van der Waals surface area contributed by atoms with E-state index in [0.717, 1.165) is 0 Å². The molecule has 1 nitrogen and oxygen atoms in total. The second kappa shape index (κ2) is 5.03. The smallest absolute Gasteiger partial charge is 0.309 e. The van der Waals surface area contributed by atoms with Gasteiger partial charge in [0.25, 0.3) is 0 Å². The maximum atomic E-state index is 13.6. The van der Waals surface area contributed by atoms with E-state index in [1.165, 1.54) is 0 Å². The lowest BCUT2D eigenvalue weighted by atomic mass is 9.85. The predicted octanol–water partition coefficient (Wildman–Crippen LogP) is 3.71. The lowest BCUT2D eigenvalue weighted by Gasteiger charge is -2.34. The van der Waals surface area contributed by atoms with Gasteiger partial charge in [0.1, 0.15) is 5.82 Å². The van der Waals surface area contributed by atoms with Crippen molar-refractivity contribution in [3.8, 4) is 0 Å². The molecule has 106 valence electrons. The fraction of sp³-hybridized carbons (Fsp3) is 0.500. The number of alkyl halides is 3. The SMILES string of the molecule is Fc1cc(F)c(C2NCCCC2C(F)(F)F)cc1F. The number of benzene rings is 1. The highest BCUT2D eigenvalue weighted by molar-refractivity contribution is 5.25. The zero-order valence-electron chi connectivity index (χ0n) is 9.70. The average Bonchev–Trinajstić information content (AvgIpc) is 2.33. The molecule has 0 spiro atoms. The highest BCUT2D eigenvalue weighted by atomic mass is 19.4. The van der Waals surface area contributed by atoms with Crippen molar-refractivity contribution >= 4 is 0 Å². The van der Waals surface area contributed by atoms with Crippen LogP contribution in [-0.4, -0.2) is 12.7 Å². The zero-order chi connectivity index (χ0) is 14.2. The zero-order valence-corrected chi connectivity index (χ0v) is 9.70. The van der Waals surface area contributed by atoms with Crippen LogP contribution < -0.4 is 5.32 Å². The Morgan fingerprint density at radius 1 is 1.00 bits per heavy atom. The second-order valence-corrected chi connectivity index (χ2v) is 4.51. The van der Waals surface area contributed by atoms with Crippen molar-refractivity contribution in [3.63, 3.8) is 0 Å². The molecule has 7 heteroatoms. The van der Waals surface area contributed by atoms with Crippen LogP contribution in [0.2, 0.25) is 0 Å². The van der Waals surface area contributed by atoms with Gasteiger partial charge in [-0.15, -0.1) is 0 Å². The Hall–Kier alpha value is -1.24. The Kier molecular flexibility index (Phi) is 3.75. The standard InChI is InChI=1S/C12H11F6N/c13-8-5-10(15)9(14)4-6(8)11-7(12(16,17)18)2-1-3-19-11/h4-5,7,11,19H,1-3H2. The predicted molar refractivity (Wildman–Crippen MR) is 55.8 cm³/mol. The van der Waals surface area contributed by atoms with Gasteiger partial charge in [0, 0.05) is 17.7 Å². The van der Waals surface area contributed by atoms with E-state index in [-0.39, 0.29) is 19.0 Å². The molecule has 1 aromatic rings. The topological polar surface area (TPSA) is 12.0 Å². The van der Waals surface area contributed by atoms with Crippen molar-refractivity contribution in [2.75, 3.05) is 6.54 Å². The summed E-state index contributed by atoms with van der Waals surface area (Å²) in [5, 5.41) is 2.53. The lowest BCUT2D eigenvalue weighted by molar-refractivity contribution is -0.189. The Labute approximate surface area is 105 Å². The van der Waals surface area contributed by atoms with Gasteiger partial charge in [-0.05, 0) is 25.5 Å². The molecule has 1 aromatic carbocycles. The normalized spacial score (nSPS) is 24.5. The molecule has 0 saturated carbocycles. The third kappa shape index (κ3) is 2.86. The molecular weight excluding hydrogens is 272 g/mol. The molecule has 2 atom stereocenters. The second-order valence-electron chi connectivity index (χ2n) is 4.51. The van der Waals surface area contributed by atoms with Gasteiger partial charge in [-0.2, -0.15) is 13.2 Å². The van der Waals surface area contributed by atoms with Crippen LogP contribution >= 0.6 is 0 Å². The van der Waals surface area contributed by atoms with Gasteiger partial charge in [-0.1, -0.05) is 0 Å². The van der Waals surface area contributed by atoms with E-state index in [0.29, 0.717) is 12.5 Å². The van der Waals surface area contributed by atoms with E-state index in [2.05, 4.69) is 5.32 Å². The molecule has 0 radical (unpaired) electrons. The quantitative estimate of drug-likeness (QED) is 0.612. The minimum absolute atomic E-state index is 0.167. The molecule has 0 aliphatic carbocycles. The molecule has 0 aromatic heterocycles. The molecule has 1 N–H and O–H groups in total. The molecule has 1 saturated heterocycles. The average molecular weight is 283 g/mol. The summed E-state index contributed by atoms with van der Waals surface area (Å²) in [5.41, 5.74) is -0.485. The summed E-state index contributed by atoms with van der Waals surface area (Å²) in [6.07, 6.45) is -4.39. The molecule has 1 aliphatic heterocycles. The lowest BCUT2D eigenvalue weighted by Crippen LogP contribution is -2.42. The van der Waals surface area contributed by atoms with Crippen molar-refractivity contribution < 1.29 is 26.3 Å². The number of hydrogen-bond donors (Lipinski definition) is 1. The Morgan fingerprint density at radius 2 is 1.63 bits per heavy atom. The van der Waals surface area contributed by atoms with Gasteiger partial charge >= 0.3 is 6.18 Å². The summed E-state index contributed by atoms with van der Waals surface area (Å²) >= 11 is 0. The summed E-state index contributed by atoms with van der Waals surface area (Å²) in [5.74, 6) is -5.75. The summed E-state index contributed by atoms with van der Waals surface area (Å²) in [6.45, 7) is 0.273. The van der Waals surface area contributed by atoms with Crippen LogP contribution in [0, 0.1) is 23.4 Å². The number of rotatable bonds is 1. The first-order chi connectivity index (χ1) is 8.80. The van der Waals surface area contributed by atoms with Crippen LogP contribution in [0.3, 0.4) is 0 Å². The maximum Gasteiger partial charge on any atom is 0.393 e. The van der Waals surface area contributed by atoms with E-state index in [1.54, 1.807) is 0 Å². The third-order valence-electron chi connectivity index (χ3n) is 3.25. The fourth-order valence-corrected chi connectivity index (χ4v) is 2.34. The van der Waals surface area contributed by atoms with Gasteiger partial charge in [0.2, 0.25) is 0 Å². The number of hydrogen-bond acceptors (Lipinski definition) is 1. The molecule has 2 rings (SSSR count). The van der Waals surface area contributed by atoms with Crippen LogP contribution in [0.25, 0.3) is 0 Å². The third-order valence-corrected chi connectivity index (χ3v) is 3.25. The van der Waals surface area contributed by atoms with Crippen molar-refractivity contribution in [1.29, 1.82) is 0 Å². The van der Waals surface area contributed by atoms with Crippen molar-refractivity contribution in [2.24, 2.45) is 5.92 Å². The molecule has 19 heavy (non-hydrogen) atoms. The first-order valence-electron chi connectivity index (χ1n) is 5.75. The Balaban J connectivity index is 2.40. The summed E-state index contributed by atoms with van der Waals surface area (Å²) in [6, 6.07) is -0.621. The highest BCUT2D eigenvalue weighted by Crippen LogP contribution is 2.41. The summed E-state index contributed by atoms with van der Waals surface area (Å²) in [4.78, 5) is 0. The molecule has 0 bridgehead atoms. The Bertz CT molecular complexity index is 470. The van der Waals surface area contributed by atoms with E-state index in [9.17, 15) is 26.3 Å². The van der Waals surface area contributed by atoms with Crippen molar-refractivity contribution in [3.05, 3.63) is 35.1 Å². The van der Waals surface area contributed by atoms with Crippen LogP contribution in [0.5, 0.6) is 0 Å². The largest absolute Gasteiger partial charge is 0.393 e. The van der Waals surface area contributed by atoms with Crippen molar-refractivity contribution in [2.45, 2.75) is 25.1 Å². The first kappa shape index (κ1) is 14.2. The number of halogens is 6. The van der Waals surface area contributed by atoms with Crippen LogP contribution in [0.15, 0.2) is 12.1 Å². The molecular formula is C12H11F6N. The molecule has 0 amide bonds. The van der Waals surface area contributed by atoms with E-state index < -0.39 is 41.2 Å². The van der Waals surface area contributed by atoms with Gasteiger partial charge in [-0.25, -0.2) is 13.2 Å². The van der Waals surface area contributed by atoms with Crippen molar-refractivity contribution in [1.82, 2.24) is 5.32 Å².